The Morgan fingerprint density at radius 1 is 0.193 bits per heavy atom. The first-order valence-corrected chi connectivity index (χ1v) is 38.4. The first-order valence-electron chi connectivity index (χ1n) is 38.4. The van der Waals surface area contributed by atoms with Gasteiger partial charge in [0.1, 0.15) is 0 Å². The summed E-state index contributed by atoms with van der Waals surface area (Å²) in [6.45, 7) is -0.264. The van der Waals surface area contributed by atoms with Crippen molar-refractivity contribution in [2.75, 3.05) is 9.80 Å². The maximum absolute atomic E-state index is 2.73. The number of anilines is 6. The first kappa shape index (κ1) is 58.5. The third-order valence-electron chi connectivity index (χ3n) is 26.6. The zero-order valence-electron chi connectivity index (χ0n) is 59.2. The molecule has 2 aliphatic heterocycles. The van der Waals surface area contributed by atoms with Crippen LogP contribution in [0.25, 0.3) is 105 Å². The fourth-order valence-corrected chi connectivity index (χ4v) is 22.7. The van der Waals surface area contributed by atoms with E-state index in [0.29, 0.717) is 0 Å². The molecule has 0 fully saturated rings. The van der Waals surface area contributed by atoms with Crippen LogP contribution in [0.1, 0.15) is 66.8 Å². The molecule has 8 aliphatic rings. The lowest BCUT2D eigenvalue weighted by atomic mass is 9.33. The third-order valence-corrected chi connectivity index (χ3v) is 26.6. The van der Waals surface area contributed by atoms with Gasteiger partial charge in [-0.3, -0.25) is 0 Å². The standard InChI is InChI=1S/C105H62BN3/c1-2-26-63(27-3-1)64-50-55-98-94(56-64)106-95-62-93-81(76-36-12-23-47-90(76)105(93)86-43-19-8-32-72(86)73-33-9-20-44-87(73)105)61-99(95)108(66-51-53-77-74-34-10-21-45-88(74)104(92(77)58-66)84-41-17-6-30-70(84)71-31-7-18-42-85(71)104)101-60-67(109-96-48-24-13-37-78(96)79-38-14-25-49-97(79)109)59-100(102(101)106)107(98)65-52-54-91-80(57-65)75-35-11-22-46-89(75)103(91)82-39-15-4-28-68(82)69-29-5-16-40-83(69)103/h1-62H. The molecule has 18 aromatic rings. The molecule has 3 nitrogen and oxygen atoms in total. The summed E-state index contributed by atoms with van der Waals surface area (Å²) in [5.74, 6) is 0. The molecular formula is C105H62BN3. The number of para-hydroxylation sites is 2. The van der Waals surface area contributed by atoms with E-state index in [4.69, 9.17) is 0 Å². The molecule has 0 bridgehead atoms. The Labute approximate surface area is 631 Å². The van der Waals surface area contributed by atoms with Gasteiger partial charge in [-0.25, -0.2) is 0 Å². The number of rotatable bonds is 4. The van der Waals surface area contributed by atoms with Crippen molar-refractivity contribution in [1.82, 2.24) is 4.57 Å². The second-order valence-electron chi connectivity index (χ2n) is 31.1. The van der Waals surface area contributed by atoms with Crippen LogP contribution in [-0.4, -0.2) is 11.3 Å². The third kappa shape index (κ3) is 7.00. The zero-order chi connectivity index (χ0) is 70.7. The van der Waals surface area contributed by atoms with E-state index in [2.05, 4.69) is 390 Å². The van der Waals surface area contributed by atoms with Crippen LogP contribution in [-0.2, 0) is 16.2 Å². The number of hydrogen-bond donors (Lipinski definition) is 0. The quantitative estimate of drug-likeness (QED) is 0.163. The van der Waals surface area contributed by atoms with E-state index in [1.807, 2.05) is 0 Å². The Balaban J connectivity index is 0.816. The number of benzene rings is 17. The molecular weight excluding hydrogens is 1310 g/mol. The molecule has 1 aromatic heterocycles. The van der Waals surface area contributed by atoms with E-state index < -0.39 is 16.2 Å². The molecule has 0 N–H and O–H groups in total. The lowest BCUT2D eigenvalue weighted by Gasteiger charge is -2.45. The number of aromatic nitrogens is 1. The Bertz CT molecular complexity index is 6960. The topological polar surface area (TPSA) is 11.4 Å². The maximum atomic E-state index is 2.73. The van der Waals surface area contributed by atoms with Crippen LogP contribution < -0.4 is 26.2 Å². The predicted octanol–water partition coefficient (Wildman–Crippen LogP) is 23.6. The smallest absolute Gasteiger partial charge is 0.252 e. The Kier molecular flexibility index (Phi) is 11.2. The van der Waals surface area contributed by atoms with Gasteiger partial charge in [0.2, 0.25) is 0 Å². The number of hydrogen-bond acceptors (Lipinski definition) is 2. The van der Waals surface area contributed by atoms with Crippen molar-refractivity contribution in [2.24, 2.45) is 0 Å². The van der Waals surface area contributed by atoms with Gasteiger partial charge in [0.25, 0.3) is 6.71 Å². The minimum atomic E-state index is -0.606. The van der Waals surface area contributed by atoms with Gasteiger partial charge in [-0.1, -0.05) is 315 Å². The molecule has 3 heterocycles. The SMILES string of the molecule is c1ccc(-c2ccc3c(c2)B2c4cc5c(cc4N(c4ccc6c(c4)C4(c7ccccc7-c7ccccc74)c4ccccc4-6)c4cc(-n6c7ccccc7c7ccccc76)cc(c42)N3c2ccc3c(c2)-c2ccccc2C32c3ccccc3-c3ccccc32)-c2ccccc2C52c3ccccc3-c3ccccc32)cc1. The highest BCUT2D eigenvalue weighted by molar-refractivity contribution is 7.00. The highest BCUT2D eigenvalue weighted by atomic mass is 15.2. The van der Waals surface area contributed by atoms with Crippen molar-refractivity contribution in [1.29, 1.82) is 0 Å². The lowest BCUT2D eigenvalue weighted by Crippen LogP contribution is -2.61. The minimum Gasteiger partial charge on any atom is -0.311 e. The van der Waals surface area contributed by atoms with Crippen molar-refractivity contribution in [3.63, 3.8) is 0 Å². The molecule has 0 radical (unpaired) electrons. The van der Waals surface area contributed by atoms with E-state index in [9.17, 15) is 0 Å². The second-order valence-corrected chi connectivity index (χ2v) is 31.1. The summed E-state index contributed by atoms with van der Waals surface area (Å²) in [7, 11) is 0. The monoisotopic (exact) mass is 1380 g/mol. The highest BCUT2D eigenvalue weighted by Crippen LogP contribution is 2.68. The first-order chi connectivity index (χ1) is 54.1. The normalized spacial score (nSPS) is 15.0. The summed E-state index contributed by atoms with van der Waals surface area (Å²) in [6.07, 6.45) is 0. The summed E-state index contributed by atoms with van der Waals surface area (Å²) in [5.41, 5.74) is 46.0. The molecule has 0 saturated carbocycles. The second kappa shape index (κ2) is 20.8. The van der Waals surface area contributed by atoms with Crippen LogP contribution in [0.4, 0.5) is 34.1 Å². The molecule has 4 heteroatoms. The van der Waals surface area contributed by atoms with E-state index in [0.717, 1.165) is 45.2 Å². The van der Waals surface area contributed by atoms with E-state index in [1.165, 1.54) is 177 Å². The highest BCUT2D eigenvalue weighted by Gasteiger charge is 2.57. The molecule has 0 unspecified atom stereocenters. The summed E-state index contributed by atoms with van der Waals surface area (Å²) in [6, 6.07) is 146. The van der Waals surface area contributed by atoms with E-state index in [-0.39, 0.29) is 6.71 Å². The summed E-state index contributed by atoms with van der Waals surface area (Å²) in [5, 5.41) is 2.44. The number of fused-ring (bicyclic) bond motifs is 37. The van der Waals surface area contributed by atoms with Gasteiger partial charge in [0.15, 0.2) is 0 Å². The molecule has 0 amide bonds. The lowest BCUT2D eigenvalue weighted by molar-refractivity contribution is 0.793. The maximum Gasteiger partial charge on any atom is 0.252 e. The van der Waals surface area contributed by atoms with Crippen LogP contribution in [0.5, 0.6) is 0 Å². The van der Waals surface area contributed by atoms with Crippen molar-refractivity contribution in [3.8, 4) is 83.6 Å². The van der Waals surface area contributed by atoms with Crippen LogP contribution in [0.2, 0.25) is 0 Å². The van der Waals surface area contributed by atoms with Crippen molar-refractivity contribution < 1.29 is 0 Å². The molecule has 6 aliphatic carbocycles. The van der Waals surface area contributed by atoms with Crippen LogP contribution in [0.3, 0.4) is 0 Å². The average Bonchev–Trinajstić information content (AvgIpc) is 1.53. The number of nitrogens with zero attached hydrogens (tertiary/aromatic N) is 3. The average molecular weight is 1380 g/mol. The Morgan fingerprint density at radius 3 is 1.00 bits per heavy atom. The van der Waals surface area contributed by atoms with Gasteiger partial charge in [-0.2, -0.15) is 0 Å². The molecule has 0 atom stereocenters. The van der Waals surface area contributed by atoms with E-state index >= 15 is 0 Å². The summed E-state index contributed by atoms with van der Waals surface area (Å²) >= 11 is 0. The van der Waals surface area contributed by atoms with Gasteiger partial charge >= 0.3 is 0 Å². The molecule has 500 valence electrons. The molecule has 109 heavy (non-hydrogen) atoms. The van der Waals surface area contributed by atoms with Crippen LogP contribution in [0, 0.1) is 0 Å². The molecule has 0 saturated heterocycles. The molecule has 26 rings (SSSR count). The van der Waals surface area contributed by atoms with Gasteiger partial charge < -0.3 is 14.4 Å². The van der Waals surface area contributed by atoms with Gasteiger partial charge in [-0.15, -0.1) is 0 Å². The summed E-state index contributed by atoms with van der Waals surface area (Å²) < 4.78 is 2.56. The fourth-order valence-electron chi connectivity index (χ4n) is 22.7. The van der Waals surface area contributed by atoms with Crippen molar-refractivity contribution >= 4 is 79.0 Å². The van der Waals surface area contributed by atoms with Gasteiger partial charge in [0.05, 0.1) is 33.0 Å². The Hall–Kier alpha value is -13.8. The largest absolute Gasteiger partial charge is 0.311 e. The summed E-state index contributed by atoms with van der Waals surface area (Å²) in [4.78, 5) is 5.41. The van der Waals surface area contributed by atoms with E-state index in [1.54, 1.807) is 0 Å². The van der Waals surface area contributed by atoms with Gasteiger partial charge in [0, 0.05) is 44.9 Å². The predicted molar refractivity (Wildman–Crippen MR) is 449 cm³/mol. The van der Waals surface area contributed by atoms with Crippen LogP contribution in [0.15, 0.2) is 376 Å². The van der Waals surface area contributed by atoms with Crippen molar-refractivity contribution in [2.45, 2.75) is 16.2 Å². The minimum absolute atomic E-state index is 0.264. The Morgan fingerprint density at radius 2 is 0.532 bits per heavy atom. The molecule has 17 aromatic carbocycles. The fraction of sp³-hybridized carbons (Fsp3) is 0.0286. The van der Waals surface area contributed by atoms with Crippen molar-refractivity contribution in [3.05, 3.63) is 443 Å². The molecule has 3 spiro atoms. The van der Waals surface area contributed by atoms with Crippen LogP contribution >= 0.6 is 0 Å². The van der Waals surface area contributed by atoms with Gasteiger partial charge in [-0.05, 0) is 222 Å². The zero-order valence-corrected chi connectivity index (χ0v) is 59.2.